The number of piperidine rings is 1. The lowest BCUT2D eigenvalue weighted by Crippen LogP contribution is -2.52. The van der Waals surface area contributed by atoms with E-state index in [0.29, 0.717) is 19.3 Å². The van der Waals surface area contributed by atoms with Gasteiger partial charge < -0.3 is 14.9 Å². The molecule has 6 heteroatoms. The molecule has 1 heterocycles. The molecule has 2 unspecified atom stereocenters. The summed E-state index contributed by atoms with van der Waals surface area (Å²) < 4.78 is 5.19. The zero-order valence-electron chi connectivity index (χ0n) is 11.0. The number of likely N-dealkylation sites (tertiary alicyclic amines) is 1. The van der Waals surface area contributed by atoms with Crippen molar-refractivity contribution < 1.29 is 24.5 Å². The maximum absolute atomic E-state index is 12.0. The number of hydrogen-bond donors (Lipinski definition) is 2. The minimum absolute atomic E-state index is 0.170. The van der Waals surface area contributed by atoms with E-state index >= 15 is 0 Å². The van der Waals surface area contributed by atoms with E-state index in [1.165, 1.54) is 0 Å². The number of aliphatic hydroxyl groups excluding tert-OH is 1. The van der Waals surface area contributed by atoms with Crippen molar-refractivity contribution in [3.8, 4) is 0 Å². The number of carboxylic acid groups (broad SMARTS) is 1. The van der Waals surface area contributed by atoms with Crippen LogP contribution in [0.15, 0.2) is 0 Å². The predicted molar refractivity (Wildman–Crippen MR) is 64.0 cm³/mol. The number of ether oxygens (including phenoxy) is 1. The van der Waals surface area contributed by atoms with Crippen LogP contribution >= 0.6 is 0 Å². The lowest BCUT2D eigenvalue weighted by Gasteiger charge is -2.39. The van der Waals surface area contributed by atoms with Gasteiger partial charge in [0.2, 0.25) is 0 Å². The Kier molecular flexibility index (Phi) is 4.56. The molecule has 0 radical (unpaired) electrons. The number of amides is 1. The zero-order valence-corrected chi connectivity index (χ0v) is 11.0. The van der Waals surface area contributed by atoms with Crippen molar-refractivity contribution in [1.29, 1.82) is 0 Å². The molecule has 0 aliphatic carbocycles. The van der Waals surface area contributed by atoms with Crippen LogP contribution in [0.2, 0.25) is 0 Å². The van der Waals surface area contributed by atoms with Crippen molar-refractivity contribution in [1.82, 2.24) is 4.90 Å². The zero-order chi connectivity index (χ0) is 13.9. The molecule has 0 aromatic rings. The Balaban J connectivity index is 2.77. The van der Waals surface area contributed by atoms with E-state index in [4.69, 9.17) is 9.84 Å². The van der Waals surface area contributed by atoms with Crippen molar-refractivity contribution in [3.05, 3.63) is 0 Å². The summed E-state index contributed by atoms with van der Waals surface area (Å²) in [6.07, 6.45) is -0.0499. The minimum atomic E-state index is -0.984. The second kappa shape index (κ2) is 5.56. The van der Waals surface area contributed by atoms with E-state index in [-0.39, 0.29) is 6.42 Å². The van der Waals surface area contributed by atoms with Gasteiger partial charge in [0, 0.05) is 6.04 Å². The van der Waals surface area contributed by atoms with E-state index in [1.54, 1.807) is 20.8 Å². The third-order valence-corrected chi connectivity index (χ3v) is 2.73. The maximum Gasteiger partial charge on any atom is 0.412 e. The number of aliphatic hydroxyl groups is 1. The first-order chi connectivity index (χ1) is 8.20. The molecule has 1 saturated heterocycles. The molecule has 0 aromatic heterocycles. The van der Waals surface area contributed by atoms with Gasteiger partial charge in [0.25, 0.3) is 0 Å². The Morgan fingerprint density at radius 3 is 2.44 bits per heavy atom. The molecule has 1 amide bonds. The summed E-state index contributed by atoms with van der Waals surface area (Å²) in [5, 5.41) is 18.7. The number of rotatable bonds is 2. The third-order valence-electron chi connectivity index (χ3n) is 2.73. The van der Waals surface area contributed by atoms with Crippen LogP contribution in [0.4, 0.5) is 4.79 Å². The fraction of sp³-hybridized carbons (Fsp3) is 0.833. The molecule has 104 valence electrons. The monoisotopic (exact) mass is 259 g/mol. The van der Waals surface area contributed by atoms with Crippen LogP contribution in [-0.4, -0.2) is 45.0 Å². The van der Waals surface area contributed by atoms with Gasteiger partial charge in [-0.1, -0.05) is 0 Å². The van der Waals surface area contributed by atoms with Gasteiger partial charge in [-0.2, -0.15) is 0 Å². The molecule has 0 saturated carbocycles. The van der Waals surface area contributed by atoms with Gasteiger partial charge in [0.05, 0.1) is 6.42 Å². The molecule has 1 aliphatic rings. The topological polar surface area (TPSA) is 87.1 Å². The van der Waals surface area contributed by atoms with E-state index in [2.05, 4.69) is 0 Å². The minimum Gasteiger partial charge on any atom is -0.481 e. The van der Waals surface area contributed by atoms with Crippen LogP contribution in [-0.2, 0) is 9.53 Å². The smallest absolute Gasteiger partial charge is 0.412 e. The molecular weight excluding hydrogens is 238 g/mol. The summed E-state index contributed by atoms with van der Waals surface area (Å²) in [5.41, 5.74) is -0.665. The lowest BCUT2D eigenvalue weighted by atomic mass is 9.98. The fourth-order valence-electron chi connectivity index (χ4n) is 2.04. The molecular formula is C12H21NO5. The number of nitrogens with zero attached hydrogens (tertiary/aromatic N) is 1. The first-order valence-electron chi connectivity index (χ1n) is 6.12. The third kappa shape index (κ3) is 4.18. The second-order valence-electron chi connectivity index (χ2n) is 5.55. The van der Waals surface area contributed by atoms with Crippen LogP contribution in [0.25, 0.3) is 0 Å². The number of hydrogen-bond acceptors (Lipinski definition) is 4. The molecule has 1 rings (SSSR count). The van der Waals surface area contributed by atoms with Crippen LogP contribution in [0.3, 0.4) is 0 Å². The lowest BCUT2D eigenvalue weighted by molar-refractivity contribution is -0.140. The van der Waals surface area contributed by atoms with Gasteiger partial charge in [-0.3, -0.25) is 9.69 Å². The average Bonchev–Trinajstić information content (AvgIpc) is 2.13. The first-order valence-corrected chi connectivity index (χ1v) is 6.12. The summed E-state index contributed by atoms with van der Waals surface area (Å²) in [6.45, 7) is 5.19. The van der Waals surface area contributed by atoms with Crippen LogP contribution < -0.4 is 0 Å². The van der Waals surface area contributed by atoms with Crippen molar-refractivity contribution in [3.63, 3.8) is 0 Å². The average molecular weight is 259 g/mol. The van der Waals surface area contributed by atoms with Gasteiger partial charge in [-0.15, -0.1) is 0 Å². The molecule has 1 aliphatic heterocycles. The Morgan fingerprint density at radius 1 is 1.33 bits per heavy atom. The Morgan fingerprint density at radius 2 is 1.94 bits per heavy atom. The highest BCUT2D eigenvalue weighted by atomic mass is 16.6. The van der Waals surface area contributed by atoms with Gasteiger partial charge in [-0.25, -0.2) is 4.79 Å². The maximum atomic E-state index is 12.0. The summed E-state index contributed by atoms with van der Waals surface area (Å²) in [5.74, 6) is -0.984. The van der Waals surface area contributed by atoms with Crippen molar-refractivity contribution >= 4 is 12.1 Å². The van der Waals surface area contributed by atoms with E-state index in [1.807, 2.05) is 0 Å². The van der Waals surface area contributed by atoms with E-state index in [9.17, 15) is 14.7 Å². The summed E-state index contributed by atoms with van der Waals surface area (Å²) >= 11 is 0. The van der Waals surface area contributed by atoms with Crippen molar-refractivity contribution in [2.24, 2.45) is 0 Å². The van der Waals surface area contributed by atoms with Gasteiger partial charge in [0.1, 0.15) is 11.8 Å². The number of carbonyl (C=O) groups excluding carboxylic acids is 1. The largest absolute Gasteiger partial charge is 0.481 e. The quantitative estimate of drug-likeness (QED) is 0.786. The summed E-state index contributed by atoms with van der Waals surface area (Å²) in [4.78, 5) is 23.9. The van der Waals surface area contributed by atoms with Crippen LogP contribution in [0.1, 0.15) is 46.5 Å². The molecule has 18 heavy (non-hydrogen) atoms. The van der Waals surface area contributed by atoms with Gasteiger partial charge >= 0.3 is 12.1 Å². The van der Waals surface area contributed by atoms with Crippen molar-refractivity contribution in [2.45, 2.75) is 64.3 Å². The second-order valence-corrected chi connectivity index (χ2v) is 5.55. The standard InChI is InChI=1S/C12H21NO5/c1-12(2,3)18-11(17)13-8(7-10(15)16)5-4-6-9(13)14/h8-9,14H,4-7H2,1-3H3,(H,15,16). The highest BCUT2D eigenvalue weighted by Crippen LogP contribution is 2.26. The van der Waals surface area contributed by atoms with E-state index in [0.717, 1.165) is 4.90 Å². The van der Waals surface area contributed by atoms with Gasteiger partial charge in [0.15, 0.2) is 0 Å². The molecule has 0 spiro atoms. The highest BCUT2D eigenvalue weighted by molar-refractivity contribution is 5.72. The predicted octanol–water partition coefficient (Wildman–Crippen LogP) is 1.57. The molecule has 0 bridgehead atoms. The van der Waals surface area contributed by atoms with E-state index < -0.39 is 29.9 Å². The number of carboxylic acids is 1. The van der Waals surface area contributed by atoms with Crippen LogP contribution in [0, 0.1) is 0 Å². The summed E-state index contributed by atoms with van der Waals surface area (Å²) in [7, 11) is 0. The molecule has 0 aromatic carbocycles. The normalized spacial score (nSPS) is 24.8. The highest BCUT2D eigenvalue weighted by Gasteiger charge is 2.36. The SMILES string of the molecule is CC(C)(C)OC(=O)N1C(O)CCCC1CC(=O)O. The Hall–Kier alpha value is -1.30. The molecule has 2 N–H and O–H groups in total. The van der Waals surface area contributed by atoms with Gasteiger partial charge in [-0.05, 0) is 40.0 Å². The number of aliphatic carboxylic acids is 1. The Bertz CT molecular complexity index is 323. The fourth-order valence-corrected chi connectivity index (χ4v) is 2.04. The molecule has 2 atom stereocenters. The first kappa shape index (κ1) is 14.8. The Labute approximate surface area is 107 Å². The number of carbonyl (C=O) groups is 2. The van der Waals surface area contributed by atoms with Crippen LogP contribution in [0.5, 0.6) is 0 Å². The summed E-state index contributed by atoms with van der Waals surface area (Å²) in [6, 6.07) is -0.499. The molecule has 6 nitrogen and oxygen atoms in total. The van der Waals surface area contributed by atoms with Crippen molar-refractivity contribution in [2.75, 3.05) is 0 Å². The molecule has 1 fully saturated rings.